The van der Waals surface area contributed by atoms with Crippen LogP contribution in [0.1, 0.15) is 54.0 Å². The first-order chi connectivity index (χ1) is 9.55. The molecule has 0 aliphatic carbocycles. The maximum absolute atomic E-state index is 5.99. The van der Waals surface area contributed by atoms with Gasteiger partial charge in [0.05, 0.1) is 0 Å². The standard InChI is InChI=1S/C19H31NO/c1-15(14-20-19(5,6)7)21-17-10-8-9-16(13-17)11-12-18(2,3)4/h8-13,15,20H,14H2,1-7H3/b12-11+/t15-/m1/s1. The molecule has 0 radical (unpaired) electrons. The molecule has 0 saturated carbocycles. The van der Waals surface area contributed by atoms with Crippen LogP contribution in [0.2, 0.25) is 0 Å². The molecule has 0 heterocycles. The Morgan fingerprint density at radius 1 is 1.14 bits per heavy atom. The van der Waals surface area contributed by atoms with Gasteiger partial charge in [0.1, 0.15) is 11.9 Å². The highest BCUT2D eigenvalue weighted by atomic mass is 16.5. The van der Waals surface area contributed by atoms with Gasteiger partial charge in [-0.05, 0) is 50.8 Å². The quantitative estimate of drug-likeness (QED) is 0.832. The number of hydrogen-bond acceptors (Lipinski definition) is 2. The molecule has 0 unspecified atom stereocenters. The molecule has 2 heteroatoms. The van der Waals surface area contributed by atoms with Crippen molar-refractivity contribution in [3.8, 4) is 5.75 Å². The van der Waals surface area contributed by atoms with Crippen LogP contribution in [0.15, 0.2) is 30.3 Å². The van der Waals surface area contributed by atoms with E-state index in [4.69, 9.17) is 4.74 Å². The van der Waals surface area contributed by atoms with Gasteiger partial charge in [-0.15, -0.1) is 0 Å². The molecular weight excluding hydrogens is 258 g/mol. The molecule has 0 aliphatic heterocycles. The Labute approximate surface area is 130 Å². The van der Waals surface area contributed by atoms with E-state index in [0.29, 0.717) is 0 Å². The van der Waals surface area contributed by atoms with E-state index in [1.807, 2.05) is 12.1 Å². The zero-order chi connectivity index (χ0) is 16.1. The third-order valence-electron chi connectivity index (χ3n) is 2.89. The van der Waals surface area contributed by atoms with Crippen molar-refractivity contribution in [1.82, 2.24) is 5.32 Å². The molecule has 0 spiro atoms. The van der Waals surface area contributed by atoms with Crippen molar-refractivity contribution in [2.45, 2.75) is 60.1 Å². The minimum atomic E-state index is 0.120. The molecule has 0 aliphatic rings. The lowest BCUT2D eigenvalue weighted by Gasteiger charge is -2.24. The van der Waals surface area contributed by atoms with E-state index in [-0.39, 0.29) is 17.1 Å². The second-order valence-electron chi connectivity index (χ2n) is 7.83. The van der Waals surface area contributed by atoms with Gasteiger partial charge in [0.2, 0.25) is 0 Å². The number of rotatable bonds is 5. The predicted octanol–water partition coefficient (Wildman–Crippen LogP) is 4.90. The van der Waals surface area contributed by atoms with Crippen molar-refractivity contribution in [2.24, 2.45) is 5.41 Å². The Hall–Kier alpha value is -1.28. The van der Waals surface area contributed by atoms with Crippen LogP contribution < -0.4 is 10.1 Å². The summed E-state index contributed by atoms with van der Waals surface area (Å²) in [5, 5.41) is 3.46. The van der Waals surface area contributed by atoms with E-state index < -0.39 is 0 Å². The smallest absolute Gasteiger partial charge is 0.120 e. The maximum atomic E-state index is 5.99. The van der Waals surface area contributed by atoms with E-state index >= 15 is 0 Å². The Bertz CT molecular complexity index is 463. The highest BCUT2D eigenvalue weighted by Crippen LogP contribution is 2.20. The third kappa shape index (κ3) is 8.56. The SMILES string of the molecule is C[C@H](CNC(C)(C)C)Oc1cccc(/C=C/C(C)(C)C)c1. The summed E-state index contributed by atoms with van der Waals surface area (Å²) < 4.78 is 5.99. The fraction of sp³-hybridized carbons (Fsp3) is 0.579. The highest BCUT2D eigenvalue weighted by molar-refractivity contribution is 5.52. The van der Waals surface area contributed by atoms with E-state index in [2.05, 4.69) is 78.1 Å². The highest BCUT2D eigenvalue weighted by Gasteiger charge is 2.12. The minimum Gasteiger partial charge on any atom is -0.489 e. The summed E-state index contributed by atoms with van der Waals surface area (Å²) in [6.45, 7) is 16.0. The van der Waals surface area contributed by atoms with Crippen LogP contribution in [0.4, 0.5) is 0 Å². The van der Waals surface area contributed by atoms with Gasteiger partial charge in [-0.3, -0.25) is 0 Å². The summed E-state index contributed by atoms with van der Waals surface area (Å²) in [6, 6.07) is 8.26. The summed E-state index contributed by atoms with van der Waals surface area (Å²) in [4.78, 5) is 0. The molecule has 0 saturated heterocycles. The van der Waals surface area contributed by atoms with Crippen molar-refractivity contribution < 1.29 is 4.74 Å². The first-order valence-electron chi connectivity index (χ1n) is 7.76. The lowest BCUT2D eigenvalue weighted by molar-refractivity contribution is 0.203. The van der Waals surface area contributed by atoms with Gasteiger partial charge in [-0.1, -0.05) is 45.1 Å². The van der Waals surface area contributed by atoms with Gasteiger partial charge in [-0.25, -0.2) is 0 Å². The molecule has 0 aromatic heterocycles. The first-order valence-corrected chi connectivity index (χ1v) is 7.76. The van der Waals surface area contributed by atoms with E-state index in [9.17, 15) is 0 Å². The lowest BCUT2D eigenvalue weighted by atomic mass is 9.95. The molecule has 2 nitrogen and oxygen atoms in total. The van der Waals surface area contributed by atoms with Crippen molar-refractivity contribution in [3.63, 3.8) is 0 Å². The van der Waals surface area contributed by atoms with Crippen LogP contribution in [-0.2, 0) is 0 Å². The normalized spacial score (nSPS) is 14.4. The topological polar surface area (TPSA) is 21.3 Å². The number of allylic oxidation sites excluding steroid dienone is 1. The van der Waals surface area contributed by atoms with Gasteiger partial charge in [-0.2, -0.15) is 0 Å². The summed E-state index contributed by atoms with van der Waals surface area (Å²) in [7, 11) is 0. The molecule has 1 aromatic rings. The van der Waals surface area contributed by atoms with Crippen molar-refractivity contribution in [3.05, 3.63) is 35.9 Å². The molecule has 1 N–H and O–H groups in total. The molecule has 21 heavy (non-hydrogen) atoms. The number of benzene rings is 1. The van der Waals surface area contributed by atoms with Crippen molar-refractivity contribution >= 4 is 6.08 Å². The molecule has 1 atom stereocenters. The van der Waals surface area contributed by atoms with Gasteiger partial charge in [0, 0.05) is 12.1 Å². The van der Waals surface area contributed by atoms with Crippen LogP contribution in [0.25, 0.3) is 6.08 Å². The summed E-state index contributed by atoms with van der Waals surface area (Å²) in [5.74, 6) is 0.925. The van der Waals surface area contributed by atoms with Crippen LogP contribution in [-0.4, -0.2) is 18.2 Å². The van der Waals surface area contributed by atoms with Crippen LogP contribution in [0, 0.1) is 5.41 Å². The predicted molar refractivity (Wildman–Crippen MR) is 92.8 cm³/mol. The summed E-state index contributed by atoms with van der Waals surface area (Å²) in [5.41, 5.74) is 1.49. The Morgan fingerprint density at radius 2 is 1.81 bits per heavy atom. The Morgan fingerprint density at radius 3 is 2.38 bits per heavy atom. The number of ether oxygens (including phenoxy) is 1. The number of hydrogen-bond donors (Lipinski definition) is 1. The van der Waals surface area contributed by atoms with Crippen molar-refractivity contribution in [2.75, 3.05) is 6.54 Å². The molecule has 118 valence electrons. The van der Waals surface area contributed by atoms with E-state index in [1.54, 1.807) is 0 Å². The average Bonchev–Trinajstić information content (AvgIpc) is 2.33. The van der Waals surface area contributed by atoms with Crippen LogP contribution in [0.3, 0.4) is 0 Å². The second kappa shape index (κ2) is 7.13. The first kappa shape index (κ1) is 17.8. The molecule has 0 fully saturated rings. The zero-order valence-corrected chi connectivity index (χ0v) is 14.7. The van der Waals surface area contributed by atoms with E-state index in [1.165, 1.54) is 5.56 Å². The summed E-state index contributed by atoms with van der Waals surface area (Å²) in [6.07, 6.45) is 4.52. The third-order valence-corrected chi connectivity index (χ3v) is 2.89. The van der Waals surface area contributed by atoms with Gasteiger partial charge >= 0.3 is 0 Å². The fourth-order valence-corrected chi connectivity index (χ4v) is 1.76. The van der Waals surface area contributed by atoms with E-state index in [0.717, 1.165) is 12.3 Å². The van der Waals surface area contributed by atoms with Crippen molar-refractivity contribution in [1.29, 1.82) is 0 Å². The molecule has 0 amide bonds. The van der Waals surface area contributed by atoms with Gasteiger partial charge < -0.3 is 10.1 Å². The summed E-state index contributed by atoms with van der Waals surface area (Å²) >= 11 is 0. The monoisotopic (exact) mass is 289 g/mol. The Balaban J connectivity index is 2.62. The van der Waals surface area contributed by atoms with Crippen LogP contribution >= 0.6 is 0 Å². The fourth-order valence-electron chi connectivity index (χ4n) is 1.76. The average molecular weight is 289 g/mol. The lowest BCUT2D eigenvalue weighted by Crippen LogP contribution is -2.41. The zero-order valence-electron chi connectivity index (χ0n) is 14.7. The van der Waals surface area contributed by atoms with Crippen LogP contribution in [0.5, 0.6) is 5.75 Å². The number of nitrogens with one attached hydrogen (secondary N) is 1. The molecule has 1 aromatic carbocycles. The molecule has 0 bridgehead atoms. The largest absolute Gasteiger partial charge is 0.489 e. The molecular formula is C19H31NO. The van der Waals surface area contributed by atoms with Gasteiger partial charge in [0.15, 0.2) is 0 Å². The molecule has 1 rings (SSSR count). The second-order valence-corrected chi connectivity index (χ2v) is 7.83. The van der Waals surface area contributed by atoms with Gasteiger partial charge in [0.25, 0.3) is 0 Å². The maximum Gasteiger partial charge on any atom is 0.120 e. The Kier molecular flexibility index (Phi) is 6.03. The minimum absolute atomic E-state index is 0.120.